The maximum atomic E-state index is 13.5. The lowest BCUT2D eigenvalue weighted by molar-refractivity contribution is 0.414. The van der Waals surface area contributed by atoms with Crippen LogP contribution in [0.15, 0.2) is 22.7 Å². The van der Waals surface area contributed by atoms with Crippen molar-refractivity contribution >= 4 is 38.9 Å². The van der Waals surface area contributed by atoms with Crippen LogP contribution in [0, 0.1) is 5.82 Å². The number of benzene rings is 1. The fourth-order valence-corrected chi connectivity index (χ4v) is 2.82. The Kier molecular flexibility index (Phi) is 4.95. The fraction of sp³-hybridized carbons (Fsp3) is 0.462. The molecule has 1 aromatic carbocycles. The molecule has 98 valence electrons. The summed E-state index contributed by atoms with van der Waals surface area (Å²) < 4.78 is 14.4. The smallest absolute Gasteiger partial charge is 0.171 e. The summed E-state index contributed by atoms with van der Waals surface area (Å²) in [6.07, 6.45) is 6.07. The van der Waals surface area contributed by atoms with E-state index >= 15 is 0 Å². The fourth-order valence-electron chi connectivity index (χ4n) is 2.18. The first kappa shape index (κ1) is 13.7. The summed E-state index contributed by atoms with van der Waals surface area (Å²) in [5.74, 6) is -0.300. The molecule has 0 aromatic heterocycles. The van der Waals surface area contributed by atoms with E-state index < -0.39 is 0 Å². The van der Waals surface area contributed by atoms with Gasteiger partial charge in [0.2, 0.25) is 0 Å². The minimum atomic E-state index is -0.300. The molecule has 1 aliphatic carbocycles. The standard InChI is InChI=1S/C13H16BrFN2S/c14-9-6-7-11(15)12(8-9)17-13(18)16-10-4-2-1-3-5-10/h6-8,10H,1-5H2,(H2,16,17,18). The Balaban J connectivity index is 1.92. The Hall–Kier alpha value is -0.680. The quantitative estimate of drug-likeness (QED) is 0.794. The SMILES string of the molecule is Fc1ccc(Br)cc1NC(=S)NC1CCCCC1. The van der Waals surface area contributed by atoms with Crippen molar-refractivity contribution in [3.63, 3.8) is 0 Å². The van der Waals surface area contributed by atoms with Crippen molar-refractivity contribution < 1.29 is 4.39 Å². The Morgan fingerprint density at radius 2 is 2.00 bits per heavy atom. The molecule has 0 atom stereocenters. The number of nitrogens with one attached hydrogen (secondary N) is 2. The van der Waals surface area contributed by atoms with E-state index in [2.05, 4.69) is 26.6 Å². The monoisotopic (exact) mass is 330 g/mol. The first-order chi connectivity index (χ1) is 8.65. The third-order valence-electron chi connectivity index (χ3n) is 3.12. The zero-order chi connectivity index (χ0) is 13.0. The summed E-state index contributed by atoms with van der Waals surface area (Å²) in [6.45, 7) is 0. The lowest BCUT2D eigenvalue weighted by Crippen LogP contribution is -2.38. The van der Waals surface area contributed by atoms with Crippen LogP contribution in [-0.2, 0) is 0 Å². The predicted molar refractivity (Wildman–Crippen MR) is 80.3 cm³/mol. The van der Waals surface area contributed by atoms with Gasteiger partial charge in [-0.3, -0.25) is 0 Å². The topological polar surface area (TPSA) is 24.1 Å². The summed E-state index contributed by atoms with van der Waals surface area (Å²) in [7, 11) is 0. The second kappa shape index (κ2) is 6.48. The van der Waals surface area contributed by atoms with E-state index in [9.17, 15) is 4.39 Å². The summed E-state index contributed by atoms with van der Waals surface area (Å²) in [5, 5.41) is 6.67. The third kappa shape index (κ3) is 3.92. The van der Waals surface area contributed by atoms with Gasteiger partial charge in [0, 0.05) is 10.5 Å². The molecule has 1 saturated carbocycles. The van der Waals surface area contributed by atoms with E-state index in [0.717, 1.165) is 17.3 Å². The van der Waals surface area contributed by atoms with Crippen LogP contribution in [0.1, 0.15) is 32.1 Å². The van der Waals surface area contributed by atoms with Crippen molar-refractivity contribution in [1.82, 2.24) is 5.32 Å². The Morgan fingerprint density at radius 3 is 2.72 bits per heavy atom. The highest BCUT2D eigenvalue weighted by Gasteiger charge is 2.14. The van der Waals surface area contributed by atoms with E-state index in [0.29, 0.717) is 16.8 Å². The first-order valence-corrected chi connectivity index (χ1v) is 7.38. The van der Waals surface area contributed by atoms with Crippen LogP contribution in [0.4, 0.5) is 10.1 Å². The van der Waals surface area contributed by atoms with Crippen molar-refractivity contribution in [2.24, 2.45) is 0 Å². The van der Waals surface area contributed by atoms with E-state index in [-0.39, 0.29) is 5.82 Å². The number of halogens is 2. The average Bonchev–Trinajstić information content (AvgIpc) is 2.35. The van der Waals surface area contributed by atoms with Gasteiger partial charge in [-0.05, 0) is 43.3 Å². The average molecular weight is 331 g/mol. The molecule has 0 radical (unpaired) electrons. The van der Waals surface area contributed by atoms with Crippen molar-refractivity contribution in [2.45, 2.75) is 38.1 Å². The Bertz CT molecular complexity index is 433. The minimum Gasteiger partial charge on any atom is -0.360 e. The van der Waals surface area contributed by atoms with Crippen molar-refractivity contribution in [3.8, 4) is 0 Å². The number of anilines is 1. The minimum absolute atomic E-state index is 0.300. The van der Waals surface area contributed by atoms with Gasteiger partial charge >= 0.3 is 0 Å². The highest BCUT2D eigenvalue weighted by molar-refractivity contribution is 9.10. The molecule has 2 rings (SSSR count). The molecule has 0 aliphatic heterocycles. The predicted octanol–water partition coefficient (Wildman–Crippen LogP) is 4.21. The first-order valence-electron chi connectivity index (χ1n) is 6.18. The lowest BCUT2D eigenvalue weighted by Gasteiger charge is -2.24. The molecular weight excluding hydrogens is 315 g/mol. The molecule has 0 amide bonds. The molecule has 0 heterocycles. The molecule has 5 heteroatoms. The highest BCUT2D eigenvalue weighted by atomic mass is 79.9. The summed E-state index contributed by atoms with van der Waals surface area (Å²) >= 11 is 8.53. The van der Waals surface area contributed by atoms with Gasteiger partial charge in [-0.1, -0.05) is 35.2 Å². The van der Waals surface area contributed by atoms with Gasteiger partial charge in [-0.25, -0.2) is 4.39 Å². The van der Waals surface area contributed by atoms with Gasteiger partial charge in [0.05, 0.1) is 5.69 Å². The van der Waals surface area contributed by atoms with E-state index in [1.165, 1.54) is 25.3 Å². The summed E-state index contributed by atoms with van der Waals surface area (Å²) in [6, 6.07) is 5.19. The molecule has 0 unspecified atom stereocenters. The molecule has 0 saturated heterocycles. The highest BCUT2D eigenvalue weighted by Crippen LogP contribution is 2.21. The molecule has 1 fully saturated rings. The van der Waals surface area contributed by atoms with Gasteiger partial charge in [-0.2, -0.15) is 0 Å². The Labute approximate surface area is 120 Å². The van der Waals surface area contributed by atoms with Crippen LogP contribution < -0.4 is 10.6 Å². The van der Waals surface area contributed by atoms with Gasteiger partial charge < -0.3 is 10.6 Å². The largest absolute Gasteiger partial charge is 0.360 e. The molecule has 0 spiro atoms. The second-order valence-electron chi connectivity index (χ2n) is 4.56. The van der Waals surface area contributed by atoms with Crippen LogP contribution in [-0.4, -0.2) is 11.2 Å². The normalized spacial score (nSPS) is 16.3. The zero-order valence-electron chi connectivity index (χ0n) is 10.0. The zero-order valence-corrected chi connectivity index (χ0v) is 12.4. The van der Waals surface area contributed by atoms with E-state index in [1.54, 1.807) is 12.1 Å². The molecule has 18 heavy (non-hydrogen) atoms. The van der Waals surface area contributed by atoms with Gasteiger partial charge in [0.15, 0.2) is 5.11 Å². The molecule has 0 bridgehead atoms. The van der Waals surface area contributed by atoms with E-state index in [1.807, 2.05) is 0 Å². The number of thiocarbonyl (C=S) groups is 1. The van der Waals surface area contributed by atoms with Crippen molar-refractivity contribution in [3.05, 3.63) is 28.5 Å². The molecule has 2 nitrogen and oxygen atoms in total. The molecule has 1 aromatic rings. The van der Waals surface area contributed by atoms with Crippen molar-refractivity contribution in [2.75, 3.05) is 5.32 Å². The van der Waals surface area contributed by atoms with E-state index in [4.69, 9.17) is 12.2 Å². The van der Waals surface area contributed by atoms with Gasteiger partial charge in [-0.15, -0.1) is 0 Å². The maximum Gasteiger partial charge on any atom is 0.171 e. The molecule has 2 N–H and O–H groups in total. The van der Waals surface area contributed by atoms with Gasteiger partial charge in [0.1, 0.15) is 5.82 Å². The van der Waals surface area contributed by atoms with Crippen LogP contribution >= 0.6 is 28.1 Å². The van der Waals surface area contributed by atoms with Crippen LogP contribution in [0.25, 0.3) is 0 Å². The Morgan fingerprint density at radius 1 is 1.28 bits per heavy atom. The van der Waals surface area contributed by atoms with Crippen LogP contribution in [0.3, 0.4) is 0 Å². The lowest BCUT2D eigenvalue weighted by atomic mass is 9.96. The number of hydrogen-bond acceptors (Lipinski definition) is 1. The van der Waals surface area contributed by atoms with Gasteiger partial charge in [0.25, 0.3) is 0 Å². The van der Waals surface area contributed by atoms with Crippen LogP contribution in [0.2, 0.25) is 0 Å². The maximum absolute atomic E-state index is 13.5. The second-order valence-corrected chi connectivity index (χ2v) is 5.88. The molecule has 1 aliphatic rings. The number of rotatable bonds is 2. The number of hydrogen-bond donors (Lipinski definition) is 2. The molecular formula is C13H16BrFN2S. The van der Waals surface area contributed by atoms with Crippen molar-refractivity contribution in [1.29, 1.82) is 0 Å². The summed E-state index contributed by atoms with van der Waals surface area (Å²) in [5.41, 5.74) is 0.401. The summed E-state index contributed by atoms with van der Waals surface area (Å²) in [4.78, 5) is 0. The third-order valence-corrected chi connectivity index (χ3v) is 3.83. The van der Waals surface area contributed by atoms with Crippen LogP contribution in [0.5, 0.6) is 0 Å².